The largest absolute Gasteiger partial charge is 0.352 e. The number of imide groups is 1. The number of rotatable bonds is 2. The van der Waals surface area contributed by atoms with Crippen LogP contribution in [0.3, 0.4) is 0 Å². The highest BCUT2D eigenvalue weighted by Gasteiger charge is 2.60. The topological polar surface area (TPSA) is 85.7 Å². The summed E-state index contributed by atoms with van der Waals surface area (Å²) in [5.41, 5.74) is 0.650. The van der Waals surface area contributed by atoms with Crippen LogP contribution in [0, 0.1) is 6.92 Å². The predicted octanol–water partition coefficient (Wildman–Crippen LogP) is 1.45. The van der Waals surface area contributed by atoms with Crippen molar-refractivity contribution in [1.29, 1.82) is 0 Å². The zero-order valence-electron chi connectivity index (χ0n) is 13.4. The summed E-state index contributed by atoms with van der Waals surface area (Å²) in [5, 5.41) is 9.64. The highest BCUT2D eigenvalue weighted by atomic mass is 17.1. The SMILES string of the molecule is CCN1c2ccc(C)cc2N(C)C2=NC(=O)N(C)C(=O)C21OO. The van der Waals surface area contributed by atoms with E-state index in [1.54, 1.807) is 16.8 Å². The van der Waals surface area contributed by atoms with Crippen molar-refractivity contribution in [3.63, 3.8) is 0 Å². The Bertz CT molecular complexity index is 732. The lowest BCUT2D eigenvalue weighted by molar-refractivity contribution is -0.293. The Kier molecular flexibility index (Phi) is 3.38. The molecular weight excluding hydrogens is 300 g/mol. The summed E-state index contributed by atoms with van der Waals surface area (Å²) in [6, 6.07) is 4.99. The molecule has 0 aliphatic carbocycles. The van der Waals surface area contributed by atoms with Crippen LogP contribution in [0.4, 0.5) is 16.2 Å². The Balaban J connectivity index is 2.34. The number of amidine groups is 1. The number of aliphatic imine (C=N–C) groups is 1. The summed E-state index contributed by atoms with van der Waals surface area (Å²) in [7, 11) is 2.99. The van der Waals surface area contributed by atoms with E-state index in [1.807, 2.05) is 32.0 Å². The van der Waals surface area contributed by atoms with Gasteiger partial charge in [-0.15, -0.1) is 0 Å². The molecule has 2 aliphatic rings. The summed E-state index contributed by atoms with van der Waals surface area (Å²) in [6.45, 7) is 4.15. The number of amides is 3. The van der Waals surface area contributed by atoms with E-state index in [2.05, 4.69) is 9.88 Å². The molecule has 0 bridgehead atoms. The first-order valence-electron chi connectivity index (χ1n) is 7.24. The van der Waals surface area contributed by atoms with Crippen LogP contribution in [0.15, 0.2) is 23.2 Å². The summed E-state index contributed by atoms with van der Waals surface area (Å²) in [5.74, 6) is -0.636. The first-order chi connectivity index (χ1) is 10.9. The molecule has 1 aromatic carbocycles. The maximum Gasteiger partial charge on any atom is 0.352 e. The fourth-order valence-electron chi connectivity index (χ4n) is 3.13. The molecule has 3 amide bonds. The Morgan fingerprint density at radius 1 is 1.22 bits per heavy atom. The zero-order chi connectivity index (χ0) is 16.9. The van der Waals surface area contributed by atoms with Crippen molar-refractivity contribution in [2.45, 2.75) is 19.6 Å². The molecule has 1 aromatic rings. The molecular formula is C15H18N4O4. The van der Waals surface area contributed by atoms with Crippen LogP contribution in [-0.2, 0) is 9.68 Å². The van der Waals surface area contributed by atoms with Crippen molar-refractivity contribution in [1.82, 2.24) is 4.90 Å². The van der Waals surface area contributed by atoms with Crippen LogP contribution in [0.1, 0.15) is 12.5 Å². The van der Waals surface area contributed by atoms with Gasteiger partial charge in [0.15, 0.2) is 5.84 Å². The molecule has 2 aliphatic heterocycles. The van der Waals surface area contributed by atoms with Gasteiger partial charge in [0, 0.05) is 20.6 Å². The second-order valence-corrected chi connectivity index (χ2v) is 5.61. The Labute approximate surface area is 133 Å². The van der Waals surface area contributed by atoms with Gasteiger partial charge in [-0.05, 0) is 31.5 Å². The van der Waals surface area contributed by atoms with Gasteiger partial charge in [-0.3, -0.25) is 9.69 Å². The Hall–Kier alpha value is -2.45. The first-order valence-corrected chi connectivity index (χ1v) is 7.24. The number of aryl methyl sites for hydroxylation is 1. The number of nitrogens with zero attached hydrogens (tertiary/aromatic N) is 4. The van der Waals surface area contributed by atoms with Crippen molar-refractivity contribution < 1.29 is 19.7 Å². The third kappa shape index (κ3) is 1.82. The van der Waals surface area contributed by atoms with Crippen LogP contribution in [0.25, 0.3) is 0 Å². The number of benzene rings is 1. The highest BCUT2D eigenvalue weighted by molar-refractivity contribution is 6.29. The average molecular weight is 318 g/mol. The predicted molar refractivity (Wildman–Crippen MR) is 84.6 cm³/mol. The van der Waals surface area contributed by atoms with Crippen molar-refractivity contribution in [2.75, 3.05) is 30.4 Å². The second-order valence-electron chi connectivity index (χ2n) is 5.61. The van der Waals surface area contributed by atoms with Gasteiger partial charge in [0.1, 0.15) is 0 Å². The second kappa shape index (κ2) is 5.04. The minimum absolute atomic E-state index is 0.0491. The Morgan fingerprint density at radius 3 is 2.52 bits per heavy atom. The molecule has 23 heavy (non-hydrogen) atoms. The van der Waals surface area contributed by atoms with Crippen molar-refractivity contribution >= 4 is 29.1 Å². The monoisotopic (exact) mass is 318 g/mol. The molecule has 1 atom stereocenters. The van der Waals surface area contributed by atoms with Crippen molar-refractivity contribution in [3.8, 4) is 0 Å². The number of carbonyl (C=O) groups excluding carboxylic acids is 2. The minimum atomic E-state index is -1.87. The normalized spacial score (nSPS) is 23.7. The van der Waals surface area contributed by atoms with E-state index >= 15 is 0 Å². The highest BCUT2D eigenvalue weighted by Crippen LogP contribution is 2.43. The van der Waals surface area contributed by atoms with Crippen LogP contribution >= 0.6 is 0 Å². The molecule has 1 N–H and O–H groups in total. The molecule has 2 heterocycles. The van der Waals surface area contributed by atoms with Crippen molar-refractivity contribution in [3.05, 3.63) is 23.8 Å². The molecule has 0 spiro atoms. The quantitative estimate of drug-likeness (QED) is 0.656. The summed E-state index contributed by atoms with van der Waals surface area (Å²) in [6.07, 6.45) is 0. The molecule has 1 unspecified atom stereocenters. The van der Waals surface area contributed by atoms with Crippen LogP contribution < -0.4 is 9.80 Å². The third-order valence-corrected chi connectivity index (χ3v) is 4.32. The van der Waals surface area contributed by atoms with Crippen LogP contribution in [0.5, 0.6) is 0 Å². The van der Waals surface area contributed by atoms with Gasteiger partial charge in [0.05, 0.1) is 11.4 Å². The standard InChI is InChI=1S/C15H18N4O4/c1-5-19-10-7-6-9(2)8-11(10)17(3)12-15(19,23-22)13(20)18(4)14(21)16-12/h6-8,22H,5H2,1-4H3. The Morgan fingerprint density at radius 2 is 1.91 bits per heavy atom. The molecule has 3 rings (SSSR count). The van der Waals surface area contributed by atoms with E-state index in [0.29, 0.717) is 12.2 Å². The fourth-order valence-corrected chi connectivity index (χ4v) is 3.13. The number of hydrogen-bond donors (Lipinski definition) is 1. The lowest BCUT2D eigenvalue weighted by atomic mass is 9.98. The molecule has 0 radical (unpaired) electrons. The molecule has 0 fully saturated rings. The molecule has 8 heteroatoms. The van der Waals surface area contributed by atoms with Gasteiger partial charge < -0.3 is 9.80 Å². The number of hydrogen-bond acceptors (Lipinski definition) is 6. The maximum atomic E-state index is 12.8. The maximum absolute atomic E-state index is 12.8. The van der Waals surface area contributed by atoms with E-state index in [-0.39, 0.29) is 5.84 Å². The number of fused-ring (bicyclic) bond motifs is 2. The lowest BCUT2D eigenvalue weighted by Crippen LogP contribution is -2.73. The number of likely N-dealkylation sites (N-methyl/N-ethyl adjacent to an activating group) is 3. The molecule has 0 aromatic heterocycles. The van der Waals surface area contributed by atoms with E-state index in [0.717, 1.165) is 16.2 Å². The van der Waals surface area contributed by atoms with Gasteiger partial charge >= 0.3 is 11.8 Å². The van der Waals surface area contributed by atoms with Gasteiger partial charge in [-0.2, -0.15) is 9.88 Å². The number of anilines is 2. The smallest absolute Gasteiger partial charge is 0.326 e. The van der Waals surface area contributed by atoms with E-state index in [1.165, 1.54) is 7.05 Å². The minimum Gasteiger partial charge on any atom is -0.326 e. The van der Waals surface area contributed by atoms with Gasteiger partial charge in [-0.1, -0.05) is 6.07 Å². The van der Waals surface area contributed by atoms with Gasteiger partial charge in [0.25, 0.3) is 5.91 Å². The molecule has 0 saturated carbocycles. The lowest BCUT2D eigenvalue weighted by Gasteiger charge is -2.50. The third-order valence-electron chi connectivity index (χ3n) is 4.32. The fraction of sp³-hybridized carbons (Fsp3) is 0.400. The molecule has 8 nitrogen and oxygen atoms in total. The van der Waals surface area contributed by atoms with E-state index in [9.17, 15) is 14.8 Å². The van der Waals surface area contributed by atoms with E-state index in [4.69, 9.17) is 0 Å². The van der Waals surface area contributed by atoms with Crippen LogP contribution in [0.2, 0.25) is 0 Å². The first kappa shape index (κ1) is 15.4. The number of carbonyl (C=O) groups is 2. The summed E-state index contributed by atoms with van der Waals surface area (Å²) >= 11 is 0. The van der Waals surface area contributed by atoms with Gasteiger partial charge in [0.2, 0.25) is 0 Å². The number of urea groups is 1. The molecule has 0 saturated heterocycles. The van der Waals surface area contributed by atoms with Gasteiger partial charge in [-0.25, -0.2) is 10.1 Å². The summed E-state index contributed by atoms with van der Waals surface area (Å²) in [4.78, 5) is 37.5. The zero-order valence-corrected chi connectivity index (χ0v) is 13.4. The summed E-state index contributed by atoms with van der Waals surface area (Å²) < 4.78 is 0. The average Bonchev–Trinajstić information content (AvgIpc) is 2.54. The van der Waals surface area contributed by atoms with Crippen LogP contribution in [-0.4, -0.2) is 54.3 Å². The molecule has 122 valence electrons. The van der Waals surface area contributed by atoms with E-state index < -0.39 is 17.7 Å². The van der Waals surface area contributed by atoms with Crippen molar-refractivity contribution in [2.24, 2.45) is 4.99 Å².